The molecule has 7 heteroatoms. The molecule has 0 bridgehead atoms. The van der Waals surface area contributed by atoms with Gasteiger partial charge in [0.25, 0.3) is 5.91 Å². The molecule has 2 rings (SSSR count). The van der Waals surface area contributed by atoms with Gasteiger partial charge in [0.05, 0.1) is 0 Å². The zero-order chi connectivity index (χ0) is 10.8. The van der Waals surface area contributed by atoms with E-state index in [4.69, 9.17) is 20.5 Å². The number of rotatable bonds is 2. The number of halogens is 1. The molecule has 0 aliphatic rings. The fourth-order valence-corrected chi connectivity index (χ4v) is 1.09. The van der Waals surface area contributed by atoms with Crippen LogP contribution >= 0.6 is 11.6 Å². The summed E-state index contributed by atoms with van der Waals surface area (Å²) in [6, 6.07) is 2.93. The summed E-state index contributed by atoms with van der Waals surface area (Å²) in [5.41, 5.74) is 0. The summed E-state index contributed by atoms with van der Waals surface area (Å²) in [5.74, 6) is 0.0178. The fraction of sp³-hybridized carbons (Fsp3) is 0.125. The monoisotopic (exact) mass is 227 g/mol. The molecule has 0 spiro atoms. The van der Waals surface area contributed by atoms with Gasteiger partial charge in [-0.25, -0.2) is 0 Å². The summed E-state index contributed by atoms with van der Waals surface area (Å²) in [6.45, 7) is 1.64. The zero-order valence-electron chi connectivity index (χ0n) is 7.65. The number of hydrogen-bond acceptors (Lipinski definition) is 5. The van der Waals surface area contributed by atoms with Crippen molar-refractivity contribution in [3.8, 4) is 0 Å². The number of nitrogens with zero attached hydrogens (tertiary/aromatic N) is 2. The molecule has 1 amide bonds. The molecule has 6 nitrogen and oxygen atoms in total. The van der Waals surface area contributed by atoms with Crippen LogP contribution in [0.3, 0.4) is 0 Å². The van der Waals surface area contributed by atoms with Crippen LogP contribution < -0.4 is 5.32 Å². The lowest BCUT2D eigenvalue weighted by molar-refractivity contribution is 0.0993. The van der Waals surface area contributed by atoms with Crippen molar-refractivity contribution >= 4 is 23.5 Å². The third-order valence-electron chi connectivity index (χ3n) is 1.55. The third kappa shape index (κ3) is 2.16. The van der Waals surface area contributed by atoms with E-state index in [2.05, 4.69) is 15.5 Å². The molecule has 1 N–H and O–H groups in total. The minimum Gasteiger partial charge on any atom is -0.440 e. The quantitative estimate of drug-likeness (QED) is 0.847. The standard InChI is InChI=1S/C8H6ClN3O3/c1-4-10-8(15-12-4)11-7(13)5-2-3-6(9)14-5/h2-3H,1H3,(H,10,11,12,13). The van der Waals surface area contributed by atoms with E-state index < -0.39 is 5.91 Å². The number of carbonyl (C=O) groups is 1. The Labute approximate surface area is 89.2 Å². The maximum absolute atomic E-state index is 11.4. The van der Waals surface area contributed by atoms with E-state index in [1.54, 1.807) is 6.92 Å². The van der Waals surface area contributed by atoms with Crippen LogP contribution in [0.15, 0.2) is 21.1 Å². The Kier molecular flexibility index (Phi) is 2.42. The van der Waals surface area contributed by atoms with Crippen LogP contribution in [0.4, 0.5) is 6.01 Å². The van der Waals surface area contributed by atoms with E-state index in [9.17, 15) is 4.79 Å². The first-order valence-electron chi connectivity index (χ1n) is 4.02. The lowest BCUT2D eigenvalue weighted by atomic mass is 10.4. The summed E-state index contributed by atoms with van der Waals surface area (Å²) in [5, 5.41) is 6.01. The summed E-state index contributed by atoms with van der Waals surface area (Å²) in [4.78, 5) is 15.2. The number of carbonyl (C=O) groups excluding carboxylic acids is 1. The van der Waals surface area contributed by atoms with Crippen molar-refractivity contribution in [3.63, 3.8) is 0 Å². The van der Waals surface area contributed by atoms with Gasteiger partial charge in [-0.15, -0.1) is 0 Å². The van der Waals surface area contributed by atoms with Gasteiger partial charge in [-0.1, -0.05) is 5.16 Å². The second-order valence-corrected chi connectivity index (χ2v) is 3.08. The van der Waals surface area contributed by atoms with Crippen LogP contribution in [0, 0.1) is 6.92 Å². The van der Waals surface area contributed by atoms with Crippen LogP contribution in [0.25, 0.3) is 0 Å². The number of aromatic nitrogens is 2. The van der Waals surface area contributed by atoms with Crippen molar-refractivity contribution < 1.29 is 13.7 Å². The Bertz CT molecular complexity index is 491. The Morgan fingerprint density at radius 2 is 2.33 bits per heavy atom. The number of aryl methyl sites for hydroxylation is 1. The van der Waals surface area contributed by atoms with Gasteiger partial charge >= 0.3 is 6.01 Å². The van der Waals surface area contributed by atoms with Crippen molar-refractivity contribution in [3.05, 3.63) is 28.9 Å². The SMILES string of the molecule is Cc1noc(NC(=O)c2ccc(Cl)o2)n1. The van der Waals surface area contributed by atoms with Crippen molar-refractivity contribution in [2.75, 3.05) is 5.32 Å². The number of furan rings is 1. The highest BCUT2D eigenvalue weighted by Crippen LogP contribution is 2.14. The second kappa shape index (κ2) is 3.74. The Hall–Kier alpha value is -1.82. The Morgan fingerprint density at radius 1 is 1.53 bits per heavy atom. The maximum atomic E-state index is 11.4. The van der Waals surface area contributed by atoms with Crippen LogP contribution in [-0.2, 0) is 0 Å². The largest absolute Gasteiger partial charge is 0.440 e. The average molecular weight is 228 g/mol. The molecule has 0 unspecified atom stereocenters. The van der Waals surface area contributed by atoms with Gasteiger partial charge < -0.3 is 8.94 Å². The first-order valence-corrected chi connectivity index (χ1v) is 4.40. The topological polar surface area (TPSA) is 81.2 Å². The smallest absolute Gasteiger partial charge is 0.328 e. The fourth-order valence-electron chi connectivity index (χ4n) is 0.943. The summed E-state index contributed by atoms with van der Waals surface area (Å²) in [7, 11) is 0. The lowest BCUT2D eigenvalue weighted by Gasteiger charge is -1.94. The van der Waals surface area contributed by atoms with E-state index in [0.717, 1.165) is 0 Å². The highest BCUT2D eigenvalue weighted by Gasteiger charge is 2.13. The van der Waals surface area contributed by atoms with E-state index in [0.29, 0.717) is 5.82 Å². The van der Waals surface area contributed by atoms with Crippen molar-refractivity contribution in [2.24, 2.45) is 0 Å². The minimum absolute atomic E-state index is 0.0185. The van der Waals surface area contributed by atoms with Crippen LogP contribution in [0.1, 0.15) is 16.4 Å². The van der Waals surface area contributed by atoms with Crippen molar-refractivity contribution in [1.82, 2.24) is 10.1 Å². The molecule has 0 atom stereocenters. The molecule has 78 valence electrons. The molecule has 0 aliphatic carbocycles. The van der Waals surface area contributed by atoms with Gasteiger partial charge in [-0.2, -0.15) is 4.98 Å². The van der Waals surface area contributed by atoms with E-state index >= 15 is 0 Å². The van der Waals surface area contributed by atoms with Gasteiger partial charge in [0.1, 0.15) is 0 Å². The van der Waals surface area contributed by atoms with Gasteiger partial charge in [-0.3, -0.25) is 10.1 Å². The van der Waals surface area contributed by atoms with Crippen molar-refractivity contribution in [2.45, 2.75) is 6.92 Å². The summed E-state index contributed by atoms with van der Waals surface area (Å²) < 4.78 is 9.58. The van der Waals surface area contributed by atoms with E-state index in [1.165, 1.54) is 12.1 Å². The average Bonchev–Trinajstić information content (AvgIpc) is 2.75. The number of hydrogen-bond donors (Lipinski definition) is 1. The molecule has 15 heavy (non-hydrogen) atoms. The first kappa shape index (κ1) is 9.72. The van der Waals surface area contributed by atoms with Gasteiger partial charge in [0.2, 0.25) is 0 Å². The van der Waals surface area contributed by atoms with Gasteiger partial charge in [0.15, 0.2) is 16.8 Å². The molecule has 0 saturated heterocycles. The Balaban J connectivity index is 2.10. The van der Waals surface area contributed by atoms with Crippen LogP contribution in [-0.4, -0.2) is 16.0 Å². The molecule has 2 heterocycles. The molecule has 0 saturated carbocycles. The van der Waals surface area contributed by atoms with Gasteiger partial charge in [0, 0.05) is 0 Å². The lowest BCUT2D eigenvalue weighted by Crippen LogP contribution is -2.10. The summed E-state index contributed by atoms with van der Waals surface area (Å²) >= 11 is 5.51. The first-order chi connectivity index (χ1) is 7.15. The molecule has 0 radical (unpaired) electrons. The zero-order valence-corrected chi connectivity index (χ0v) is 8.41. The van der Waals surface area contributed by atoms with Crippen LogP contribution in [0.2, 0.25) is 5.22 Å². The predicted octanol–water partition coefficient (Wildman–Crippen LogP) is 1.88. The number of amides is 1. The van der Waals surface area contributed by atoms with Crippen molar-refractivity contribution in [1.29, 1.82) is 0 Å². The molecular weight excluding hydrogens is 222 g/mol. The molecule has 2 aromatic rings. The molecule has 2 aromatic heterocycles. The third-order valence-corrected chi connectivity index (χ3v) is 1.75. The maximum Gasteiger partial charge on any atom is 0.328 e. The molecule has 0 aromatic carbocycles. The highest BCUT2D eigenvalue weighted by atomic mass is 35.5. The van der Waals surface area contributed by atoms with E-state index in [1.807, 2.05) is 0 Å². The Morgan fingerprint density at radius 3 is 2.87 bits per heavy atom. The minimum atomic E-state index is -0.495. The van der Waals surface area contributed by atoms with Crippen LogP contribution in [0.5, 0.6) is 0 Å². The molecular formula is C8H6ClN3O3. The normalized spacial score (nSPS) is 10.3. The molecule has 0 fully saturated rings. The number of nitrogens with one attached hydrogen (secondary N) is 1. The second-order valence-electron chi connectivity index (χ2n) is 2.70. The van der Waals surface area contributed by atoms with E-state index in [-0.39, 0.29) is 17.0 Å². The number of anilines is 1. The molecule has 0 aliphatic heterocycles. The summed E-state index contributed by atoms with van der Waals surface area (Å²) in [6.07, 6.45) is 0. The predicted molar refractivity (Wildman–Crippen MR) is 50.7 cm³/mol. The van der Waals surface area contributed by atoms with Gasteiger partial charge in [-0.05, 0) is 30.7 Å². The highest BCUT2D eigenvalue weighted by molar-refractivity contribution is 6.29.